The van der Waals surface area contributed by atoms with Crippen molar-refractivity contribution in [1.82, 2.24) is 0 Å². The van der Waals surface area contributed by atoms with Crippen LogP contribution in [0.4, 0.5) is 0 Å². The molecule has 0 saturated heterocycles. The Balaban J connectivity index is 2.80. The highest BCUT2D eigenvalue weighted by Gasteiger charge is 2.42. The summed E-state index contributed by atoms with van der Waals surface area (Å²) in [7, 11) is 0. The first-order chi connectivity index (χ1) is 6.04. The van der Waals surface area contributed by atoms with E-state index in [-0.39, 0.29) is 5.41 Å². The second-order valence-electron chi connectivity index (χ2n) is 4.75. The molecule has 0 spiro atoms. The average Bonchev–Trinajstić information content (AvgIpc) is 2.39. The van der Waals surface area contributed by atoms with Crippen molar-refractivity contribution in [2.45, 2.75) is 40.0 Å². The summed E-state index contributed by atoms with van der Waals surface area (Å²) in [6.07, 6.45) is 4.55. The molecule has 0 bridgehead atoms. The van der Waals surface area contributed by atoms with Gasteiger partial charge in [-0.3, -0.25) is 4.79 Å². The van der Waals surface area contributed by atoms with Gasteiger partial charge in [0.05, 0.1) is 0 Å². The second kappa shape index (κ2) is 3.65. The maximum Gasteiger partial charge on any atom is 0.145 e. The van der Waals surface area contributed by atoms with E-state index < -0.39 is 0 Å². The minimum absolute atomic E-state index is 0.271. The smallest absolute Gasteiger partial charge is 0.145 e. The molecule has 74 valence electrons. The van der Waals surface area contributed by atoms with E-state index in [9.17, 15) is 4.79 Å². The maximum atomic E-state index is 10.7. The Kier molecular flexibility index (Phi) is 2.94. The Morgan fingerprint density at radius 1 is 1.54 bits per heavy atom. The van der Waals surface area contributed by atoms with Crippen LogP contribution < -0.4 is 0 Å². The molecule has 0 aromatic carbocycles. The largest absolute Gasteiger partial charge is 0.298 e. The van der Waals surface area contributed by atoms with Gasteiger partial charge >= 0.3 is 0 Å². The van der Waals surface area contributed by atoms with Gasteiger partial charge in [-0.25, -0.2) is 0 Å². The number of hydrogen-bond donors (Lipinski definition) is 0. The van der Waals surface area contributed by atoms with Gasteiger partial charge in [0.25, 0.3) is 0 Å². The van der Waals surface area contributed by atoms with Gasteiger partial charge in [-0.15, -0.1) is 0 Å². The summed E-state index contributed by atoms with van der Waals surface area (Å²) >= 11 is 0. The van der Waals surface area contributed by atoms with Crippen molar-refractivity contribution in [3.8, 4) is 0 Å². The van der Waals surface area contributed by atoms with Gasteiger partial charge in [0.1, 0.15) is 6.29 Å². The third-order valence-electron chi connectivity index (χ3n) is 3.85. The van der Waals surface area contributed by atoms with E-state index in [4.69, 9.17) is 0 Å². The van der Waals surface area contributed by atoms with Crippen LogP contribution in [0.15, 0.2) is 12.2 Å². The molecule has 2 atom stereocenters. The normalized spacial score (nSPS) is 31.6. The quantitative estimate of drug-likeness (QED) is 0.481. The Morgan fingerprint density at radius 2 is 2.15 bits per heavy atom. The van der Waals surface area contributed by atoms with E-state index in [0.717, 1.165) is 24.2 Å². The van der Waals surface area contributed by atoms with E-state index in [0.29, 0.717) is 5.92 Å². The van der Waals surface area contributed by atoms with Crippen LogP contribution in [0.5, 0.6) is 0 Å². The van der Waals surface area contributed by atoms with Crippen molar-refractivity contribution >= 4 is 6.29 Å². The topological polar surface area (TPSA) is 17.1 Å². The predicted molar refractivity (Wildman–Crippen MR) is 55.5 cm³/mol. The van der Waals surface area contributed by atoms with Crippen molar-refractivity contribution < 1.29 is 4.79 Å². The average molecular weight is 180 g/mol. The molecule has 1 nitrogen and oxygen atoms in total. The summed E-state index contributed by atoms with van der Waals surface area (Å²) in [6.45, 7) is 10.6. The van der Waals surface area contributed by atoms with E-state index in [2.05, 4.69) is 27.4 Å². The van der Waals surface area contributed by atoms with Crippen molar-refractivity contribution in [3.63, 3.8) is 0 Å². The van der Waals surface area contributed by atoms with Gasteiger partial charge in [-0.2, -0.15) is 0 Å². The Bertz CT molecular complexity index is 215. The van der Waals surface area contributed by atoms with Crippen LogP contribution in [-0.4, -0.2) is 6.29 Å². The number of allylic oxidation sites excluding steroid dienone is 1. The van der Waals surface area contributed by atoms with Gasteiger partial charge in [-0.05, 0) is 35.7 Å². The lowest BCUT2D eigenvalue weighted by atomic mass is 9.72. The van der Waals surface area contributed by atoms with E-state index in [1.807, 2.05) is 0 Å². The Morgan fingerprint density at radius 3 is 2.54 bits per heavy atom. The van der Waals surface area contributed by atoms with Gasteiger partial charge in [0, 0.05) is 0 Å². The highest BCUT2D eigenvalue weighted by molar-refractivity contribution is 5.73. The number of aldehydes is 1. The molecule has 1 saturated carbocycles. The van der Waals surface area contributed by atoms with E-state index in [1.54, 1.807) is 0 Å². The van der Waals surface area contributed by atoms with Crippen molar-refractivity contribution in [2.75, 3.05) is 0 Å². The van der Waals surface area contributed by atoms with Crippen LogP contribution in [0.2, 0.25) is 0 Å². The maximum absolute atomic E-state index is 10.7. The number of rotatable bonds is 3. The van der Waals surface area contributed by atoms with Crippen LogP contribution >= 0.6 is 0 Å². The summed E-state index contributed by atoms with van der Waals surface area (Å²) < 4.78 is 0. The van der Waals surface area contributed by atoms with Gasteiger partial charge in [-0.1, -0.05) is 33.8 Å². The summed E-state index contributed by atoms with van der Waals surface area (Å²) in [6, 6.07) is 0. The first kappa shape index (κ1) is 10.5. The van der Waals surface area contributed by atoms with Crippen molar-refractivity contribution in [3.05, 3.63) is 12.2 Å². The fraction of sp³-hybridized carbons (Fsp3) is 0.750. The fourth-order valence-corrected chi connectivity index (χ4v) is 2.87. The Labute approximate surface area is 81.2 Å². The van der Waals surface area contributed by atoms with E-state index in [1.165, 1.54) is 12.8 Å². The molecule has 2 unspecified atom stereocenters. The minimum atomic E-state index is 0.271. The summed E-state index contributed by atoms with van der Waals surface area (Å²) in [4.78, 5) is 10.7. The molecular formula is C12H20O. The molecule has 0 heterocycles. The lowest BCUT2D eigenvalue weighted by Crippen LogP contribution is -2.26. The molecule has 1 fully saturated rings. The lowest BCUT2D eigenvalue weighted by Gasteiger charge is -2.32. The predicted octanol–water partition coefficient (Wildman–Crippen LogP) is 3.20. The molecule has 1 heteroatoms. The van der Waals surface area contributed by atoms with Crippen LogP contribution in [0.1, 0.15) is 40.0 Å². The molecule has 13 heavy (non-hydrogen) atoms. The Hall–Kier alpha value is -0.590. The molecule has 0 amide bonds. The third-order valence-corrected chi connectivity index (χ3v) is 3.85. The zero-order chi connectivity index (χ0) is 10.1. The summed E-state index contributed by atoms with van der Waals surface area (Å²) in [5, 5.41) is 0. The van der Waals surface area contributed by atoms with Crippen LogP contribution in [0, 0.1) is 17.3 Å². The summed E-state index contributed by atoms with van der Waals surface area (Å²) in [5.74, 6) is 1.17. The van der Waals surface area contributed by atoms with Gasteiger partial charge in [0.15, 0.2) is 0 Å². The monoisotopic (exact) mass is 180 g/mol. The van der Waals surface area contributed by atoms with Gasteiger partial charge in [0.2, 0.25) is 0 Å². The lowest BCUT2D eigenvalue weighted by molar-refractivity contribution is -0.105. The SMILES string of the molecule is C=C(C=O)C1CCC(CC)C1(C)C. The second-order valence-corrected chi connectivity index (χ2v) is 4.75. The first-order valence-corrected chi connectivity index (χ1v) is 5.18. The molecule has 0 aromatic heterocycles. The minimum Gasteiger partial charge on any atom is -0.298 e. The first-order valence-electron chi connectivity index (χ1n) is 5.18. The highest BCUT2D eigenvalue weighted by Crippen LogP contribution is 2.50. The molecule has 0 radical (unpaired) electrons. The third kappa shape index (κ3) is 1.70. The molecule has 1 rings (SSSR count). The van der Waals surface area contributed by atoms with Crippen LogP contribution in [0.25, 0.3) is 0 Å². The number of carbonyl (C=O) groups is 1. The van der Waals surface area contributed by atoms with Crippen molar-refractivity contribution in [1.29, 1.82) is 0 Å². The molecule has 0 aliphatic heterocycles. The number of hydrogen-bond acceptors (Lipinski definition) is 1. The standard InChI is InChI=1S/C12H20O/c1-5-10-6-7-11(9(2)8-13)12(10,3)4/h8,10-11H,2,5-7H2,1,3-4H3. The molecule has 0 aromatic rings. The van der Waals surface area contributed by atoms with Crippen molar-refractivity contribution in [2.24, 2.45) is 17.3 Å². The van der Waals surface area contributed by atoms with E-state index >= 15 is 0 Å². The summed E-state index contributed by atoms with van der Waals surface area (Å²) in [5.41, 5.74) is 1.06. The number of carbonyl (C=O) groups excluding carboxylic acids is 1. The zero-order valence-electron chi connectivity index (χ0n) is 8.97. The van der Waals surface area contributed by atoms with Crippen LogP contribution in [-0.2, 0) is 4.79 Å². The van der Waals surface area contributed by atoms with Gasteiger partial charge < -0.3 is 0 Å². The van der Waals surface area contributed by atoms with Crippen LogP contribution in [0.3, 0.4) is 0 Å². The molecule has 0 N–H and O–H groups in total. The highest BCUT2D eigenvalue weighted by atomic mass is 16.1. The fourth-order valence-electron chi connectivity index (χ4n) is 2.87. The zero-order valence-corrected chi connectivity index (χ0v) is 8.97. The molecule has 1 aliphatic rings. The molecule has 1 aliphatic carbocycles. The molecular weight excluding hydrogens is 160 g/mol.